The predicted octanol–water partition coefficient (Wildman–Crippen LogP) is 4.17. The number of ether oxygens (including phenoxy) is 3. The van der Waals surface area contributed by atoms with Gasteiger partial charge in [0, 0.05) is 51.4 Å². The van der Waals surface area contributed by atoms with E-state index in [9.17, 15) is 4.79 Å². The summed E-state index contributed by atoms with van der Waals surface area (Å²) in [5.74, 6) is 4.25. The van der Waals surface area contributed by atoms with Gasteiger partial charge in [-0.1, -0.05) is 12.5 Å². The lowest BCUT2D eigenvalue weighted by molar-refractivity contribution is 0.0746. The highest BCUT2D eigenvalue weighted by molar-refractivity contribution is 5.94. The van der Waals surface area contributed by atoms with Crippen LogP contribution in [-0.2, 0) is 0 Å². The van der Waals surface area contributed by atoms with Crippen molar-refractivity contribution in [2.45, 2.75) is 25.7 Å². The Bertz CT molecular complexity index is 1010. The van der Waals surface area contributed by atoms with Crippen molar-refractivity contribution >= 4 is 11.6 Å². The number of rotatable bonds is 9. The topological polar surface area (TPSA) is 54.5 Å². The Labute approximate surface area is 214 Å². The lowest BCUT2D eigenvalue weighted by atomic mass is 10.0. The van der Waals surface area contributed by atoms with Crippen LogP contribution >= 0.6 is 0 Å². The Morgan fingerprint density at radius 1 is 0.917 bits per heavy atom. The van der Waals surface area contributed by atoms with Crippen LogP contribution in [0.3, 0.4) is 0 Å². The van der Waals surface area contributed by atoms with Gasteiger partial charge >= 0.3 is 0 Å². The fourth-order valence-corrected chi connectivity index (χ4v) is 6.14. The standard InChI is InChI=1S/C29H39N3O4/c1-34-27-9-4-8-26(28(27)35-2)31-15-17-32(18-16-31)29(33)22-10-12-25(13-11-22)36-19-5-14-30-20-23-6-3-7-24(23)21-30/h4,8-13,23-24H,3,5-7,14-21H2,1-2H3. The van der Waals surface area contributed by atoms with E-state index < -0.39 is 0 Å². The monoisotopic (exact) mass is 493 g/mol. The van der Waals surface area contributed by atoms with Crippen molar-refractivity contribution in [2.24, 2.45) is 11.8 Å². The molecule has 3 aliphatic rings. The van der Waals surface area contributed by atoms with Crippen LogP contribution in [0, 0.1) is 11.8 Å². The Morgan fingerprint density at radius 2 is 1.64 bits per heavy atom. The van der Waals surface area contributed by atoms with E-state index in [4.69, 9.17) is 14.2 Å². The second-order valence-corrected chi connectivity index (χ2v) is 10.2. The van der Waals surface area contributed by atoms with E-state index in [1.54, 1.807) is 14.2 Å². The molecule has 2 aliphatic heterocycles. The third-order valence-electron chi connectivity index (χ3n) is 8.08. The van der Waals surface area contributed by atoms with Crippen molar-refractivity contribution in [1.29, 1.82) is 0 Å². The van der Waals surface area contributed by atoms with Crippen molar-refractivity contribution in [3.05, 3.63) is 48.0 Å². The molecule has 2 atom stereocenters. The van der Waals surface area contributed by atoms with Crippen LogP contribution in [0.4, 0.5) is 5.69 Å². The average molecular weight is 494 g/mol. The number of benzene rings is 2. The van der Waals surface area contributed by atoms with Gasteiger partial charge in [0.15, 0.2) is 11.5 Å². The molecule has 2 heterocycles. The van der Waals surface area contributed by atoms with E-state index in [1.807, 2.05) is 47.4 Å². The molecule has 0 spiro atoms. The lowest BCUT2D eigenvalue weighted by Crippen LogP contribution is -2.48. The highest BCUT2D eigenvalue weighted by Crippen LogP contribution is 2.38. The Hall–Kier alpha value is -2.93. The Morgan fingerprint density at radius 3 is 2.31 bits per heavy atom. The summed E-state index contributed by atoms with van der Waals surface area (Å²) in [5, 5.41) is 0. The van der Waals surface area contributed by atoms with Gasteiger partial charge in [-0.25, -0.2) is 0 Å². The maximum Gasteiger partial charge on any atom is 0.253 e. The number of nitrogens with zero attached hydrogens (tertiary/aromatic N) is 3. The summed E-state index contributed by atoms with van der Waals surface area (Å²) in [6.45, 7) is 7.22. The van der Waals surface area contributed by atoms with Crippen LogP contribution in [0.15, 0.2) is 42.5 Å². The van der Waals surface area contributed by atoms with Gasteiger partial charge in [-0.3, -0.25) is 4.79 Å². The third kappa shape index (κ3) is 5.41. The van der Waals surface area contributed by atoms with Gasteiger partial charge in [-0.15, -0.1) is 0 Å². The largest absolute Gasteiger partial charge is 0.494 e. The number of piperazine rings is 1. The molecule has 7 nitrogen and oxygen atoms in total. The number of methoxy groups -OCH3 is 2. The smallest absolute Gasteiger partial charge is 0.253 e. The van der Waals surface area contributed by atoms with Gasteiger partial charge in [0.05, 0.1) is 26.5 Å². The number of fused-ring (bicyclic) bond motifs is 1. The van der Waals surface area contributed by atoms with Crippen LogP contribution in [0.25, 0.3) is 0 Å². The van der Waals surface area contributed by atoms with E-state index >= 15 is 0 Å². The van der Waals surface area contributed by atoms with Gasteiger partial charge in [0.1, 0.15) is 5.75 Å². The first-order valence-corrected chi connectivity index (χ1v) is 13.4. The SMILES string of the molecule is COc1cccc(N2CCN(C(=O)c3ccc(OCCCN4CC5CCCC5C4)cc3)CC2)c1OC. The molecular weight excluding hydrogens is 454 g/mol. The molecule has 1 amide bonds. The number of likely N-dealkylation sites (tertiary alicyclic amines) is 1. The molecule has 5 rings (SSSR count). The molecule has 194 valence electrons. The van der Waals surface area contributed by atoms with Gasteiger partial charge in [-0.05, 0) is 67.5 Å². The van der Waals surface area contributed by atoms with Crippen LogP contribution < -0.4 is 19.1 Å². The van der Waals surface area contributed by atoms with E-state index in [2.05, 4.69) is 9.80 Å². The number of carbonyl (C=O) groups excluding carboxylic acids is 1. The molecule has 3 fully saturated rings. The van der Waals surface area contributed by atoms with Crippen molar-refractivity contribution in [2.75, 3.05) is 71.5 Å². The number of para-hydroxylation sites is 1. The summed E-state index contributed by atoms with van der Waals surface area (Å²) >= 11 is 0. The molecule has 2 aromatic carbocycles. The second kappa shape index (κ2) is 11.4. The number of hydrogen-bond donors (Lipinski definition) is 0. The summed E-state index contributed by atoms with van der Waals surface area (Å²) in [5.41, 5.74) is 1.71. The lowest BCUT2D eigenvalue weighted by Gasteiger charge is -2.36. The highest BCUT2D eigenvalue weighted by Gasteiger charge is 2.35. The second-order valence-electron chi connectivity index (χ2n) is 10.2. The quantitative estimate of drug-likeness (QED) is 0.489. The molecule has 7 heteroatoms. The molecule has 0 aromatic heterocycles. The van der Waals surface area contributed by atoms with E-state index in [0.717, 1.165) is 61.7 Å². The van der Waals surface area contributed by atoms with E-state index in [-0.39, 0.29) is 5.91 Å². The molecule has 2 unspecified atom stereocenters. The molecule has 0 bridgehead atoms. The van der Waals surface area contributed by atoms with Gasteiger partial charge in [0.2, 0.25) is 0 Å². The molecule has 0 N–H and O–H groups in total. The van der Waals surface area contributed by atoms with Gasteiger partial charge < -0.3 is 28.9 Å². The highest BCUT2D eigenvalue weighted by atomic mass is 16.5. The molecule has 2 aromatic rings. The molecule has 2 saturated heterocycles. The summed E-state index contributed by atoms with van der Waals surface area (Å²) in [6, 6.07) is 13.5. The minimum atomic E-state index is 0.0680. The van der Waals surface area contributed by atoms with Crippen LogP contribution in [0.5, 0.6) is 17.2 Å². The zero-order valence-corrected chi connectivity index (χ0v) is 21.7. The fourth-order valence-electron chi connectivity index (χ4n) is 6.14. The maximum atomic E-state index is 13.1. The summed E-state index contributed by atoms with van der Waals surface area (Å²) in [6.07, 6.45) is 5.33. The molecule has 0 radical (unpaired) electrons. The average Bonchev–Trinajstić information content (AvgIpc) is 3.53. The summed E-state index contributed by atoms with van der Waals surface area (Å²) in [7, 11) is 3.30. The fraction of sp³-hybridized carbons (Fsp3) is 0.552. The Kier molecular flexibility index (Phi) is 7.85. The van der Waals surface area contributed by atoms with Crippen molar-refractivity contribution in [3.8, 4) is 17.2 Å². The molecule has 36 heavy (non-hydrogen) atoms. The van der Waals surface area contributed by atoms with Gasteiger partial charge in [0.25, 0.3) is 5.91 Å². The maximum absolute atomic E-state index is 13.1. The molecule has 1 saturated carbocycles. The molecular formula is C29H39N3O4. The minimum absolute atomic E-state index is 0.0680. The molecule has 1 aliphatic carbocycles. The predicted molar refractivity (Wildman–Crippen MR) is 141 cm³/mol. The van der Waals surface area contributed by atoms with E-state index in [0.29, 0.717) is 24.4 Å². The zero-order valence-electron chi connectivity index (χ0n) is 21.7. The Balaban J connectivity index is 1.07. The minimum Gasteiger partial charge on any atom is -0.494 e. The zero-order chi connectivity index (χ0) is 24.9. The third-order valence-corrected chi connectivity index (χ3v) is 8.08. The first kappa shape index (κ1) is 24.8. The first-order chi connectivity index (χ1) is 17.7. The van der Waals surface area contributed by atoms with Crippen LogP contribution in [-0.4, -0.2) is 82.3 Å². The van der Waals surface area contributed by atoms with Gasteiger partial charge in [-0.2, -0.15) is 0 Å². The van der Waals surface area contributed by atoms with Crippen molar-refractivity contribution in [3.63, 3.8) is 0 Å². The normalized spacial score (nSPS) is 21.9. The number of hydrogen-bond acceptors (Lipinski definition) is 6. The van der Waals surface area contributed by atoms with Crippen molar-refractivity contribution in [1.82, 2.24) is 9.80 Å². The van der Waals surface area contributed by atoms with Crippen molar-refractivity contribution < 1.29 is 19.0 Å². The summed E-state index contributed by atoms with van der Waals surface area (Å²) in [4.78, 5) is 19.9. The number of anilines is 1. The number of carbonyl (C=O) groups is 1. The van der Waals surface area contributed by atoms with E-state index in [1.165, 1.54) is 32.4 Å². The van der Waals surface area contributed by atoms with Crippen LogP contribution in [0.2, 0.25) is 0 Å². The van der Waals surface area contributed by atoms with Crippen LogP contribution in [0.1, 0.15) is 36.0 Å². The summed E-state index contributed by atoms with van der Waals surface area (Å²) < 4.78 is 17.0. The first-order valence-electron chi connectivity index (χ1n) is 13.4. The number of amides is 1.